The molecule has 3 aromatic carbocycles. The van der Waals surface area contributed by atoms with E-state index in [1.165, 1.54) is 35.0 Å². The van der Waals surface area contributed by atoms with Crippen molar-refractivity contribution in [1.29, 1.82) is 0 Å². The predicted molar refractivity (Wildman–Crippen MR) is 154 cm³/mol. The Hall–Kier alpha value is -4.31. The van der Waals surface area contributed by atoms with Gasteiger partial charge in [0.15, 0.2) is 6.10 Å². The number of benzene rings is 3. The maximum absolute atomic E-state index is 11.8. The van der Waals surface area contributed by atoms with Crippen LogP contribution in [-0.4, -0.2) is 21.6 Å². The highest BCUT2D eigenvalue weighted by Crippen LogP contribution is 2.32. The first-order valence-electron chi connectivity index (χ1n) is 13.3. The molecule has 1 N–H and O–H groups in total. The monoisotopic (exact) mass is 503 g/mol. The molecule has 1 unspecified atom stereocenters. The predicted octanol–water partition coefficient (Wildman–Crippen LogP) is 8.08. The number of ether oxygens (including phenoxy) is 1. The molecule has 0 spiro atoms. The molecule has 38 heavy (non-hydrogen) atoms. The van der Waals surface area contributed by atoms with E-state index in [4.69, 9.17) is 4.74 Å². The minimum atomic E-state index is -0.947. The number of aryl methyl sites for hydroxylation is 2. The molecule has 0 bridgehead atoms. The number of aromatic nitrogens is 1. The SMILES string of the molecule is CCCCc1c(-c2ccc(-c3ccc(OC(CCc4ccccc4)C(=O)O)cc3)cc2)cn2ccccc12. The van der Waals surface area contributed by atoms with Crippen LogP contribution in [0.15, 0.2) is 109 Å². The lowest BCUT2D eigenvalue weighted by atomic mass is 9.97. The highest BCUT2D eigenvalue weighted by atomic mass is 16.5. The van der Waals surface area contributed by atoms with Crippen LogP contribution in [0.5, 0.6) is 5.75 Å². The summed E-state index contributed by atoms with van der Waals surface area (Å²) in [6.45, 7) is 2.23. The van der Waals surface area contributed by atoms with Crippen LogP contribution >= 0.6 is 0 Å². The summed E-state index contributed by atoms with van der Waals surface area (Å²) in [4.78, 5) is 11.8. The Labute approximate surface area is 224 Å². The highest BCUT2D eigenvalue weighted by molar-refractivity contribution is 5.78. The fourth-order valence-electron chi connectivity index (χ4n) is 4.95. The summed E-state index contributed by atoms with van der Waals surface area (Å²) >= 11 is 0. The first-order chi connectivity index (χ1) is 18.6. The van der Waals surface area contributed by atoms with Gasteiger partial charge in [0.25, 0.3) is 0 Å². The van der Waals surface area contributed by atoms with Crippen molar-refractivity contribution in [3.05, 3.63) is 121 Å². The zero-order valence-corrected chi connectivity index (χ0v) is 21.7. The van der Waals surface area contributed by atoms with Gasteiger partial charge in [-0.15, -0.1) is 0 Å². The molecule has 0 aliphatic heterocycles. The average Bonchev–Trinajstić information content (AvgIpc) is 3.33. The summed E-state index contributed by atoms with van der Waals surface area (Å²) in [5, 5.41) is 9.65. The normalized spacial score (nSPS) is 11.9. The molecule has 0 fully saturated rings. The third-order valence-electron chi connectivity index (χ3n) is 7.05. The van der Waals surface area contributed by atoms with Crippen molar-refractivity contribution < 1.29 is 14.6 Å². The molecule has 4 heteroatoms. The Morgan fingerprint density at radius 3 is 2.16 bits per heavy atom. The third-order valence-corrected chi connectivity index (χ3v) is 7.05. The van der Waals surface area contributed by atoms with Crippen molar-refractivity contribution in [3.8, 4) is 28.0 Å². The molecule has 0 saturated heterocycles. The van der Waals surface area contributed by atoms with E-state index in [1.54, 1.807) is 0 Å². The number of carboxylic acids is 1. The lowest BCUT2D eigenvalue weighted by Crippen LogP contribution is -2.27. The third kappa shape index (κ3) is 5.81. The van der Waals surface area contributed by atoms with Crippen LogP contribution in [0.3, 0.4) is 0 Å². The van der Waals surface area contributed by atoms with Gasteiger partial charge in [-0.3, -0.25) is 0 Å². The van der Waals surface area contributed by atoms with E-state index < -0.39 is 12.1 Å². The zero-order chi connectivity index (χ0) is 26.3. The van der Waals surface area contributed by atoms with E-state index in [2.05, 4.69) is 66.2 Å². The molecule has 0 radical (unpaired) electrons. The fraction of sp³-hybridized carbons (Fsp3) is 0.206. The Bertz CT molecular complexity index is 1490. The number of pyridine rings is 1. The van der Waals surface area contributed by atoms with Crippen molar-refractivity contribution in [2.75, 3.05) is 0 Å². The number of hydrogen-bond donors (Lipinski definition) is 1. The van der Waals surface area contributed by atoms with Gasteiger partial charge in [-0.05, 0) is 77.8 Å². The molecule has 0 aliphatic rings. The number of aliphatic carboxylic acids is 1. The molecule has 2 heterocycles. The Morgan fingerprint density at radius 1 is 0.816 bits per heavy atom. The molecule has 4 nitrogen and oxygen atoms in total. The molecular formula is C34H33NO3. The van der Waals surface area contributed by atoms with E-state index in [0.29, 0.717) is 18.6 Å². The summed E-state index contributed by atoms with van der Waals surface area (Å²) < 4.78 is 8.06. The van der Waals surface area contributed by atoms with Crippen LogP contribution in [0.25, 0.3) is 27.8 Å². The molecular weight excluding hydrogens is 470 g/mol. The second kappa shape index (κ2) is 11.8. The summed E-state index contributed by atoms with van der Waals surface area (Å²) in [7, 11) is 0. The first kappa shape index (κ1) is 25.3. The van der Waals surface area contributed by atoms with Crippen LogP contribution in [0.4, 0.5) is 0 Å². The van der Waals surface area contributed by atoms with Gasteiger partial charge in [-0.25, -0.2) is 4.79 Å². The molecule has 0 aliphatic carbocycles. The van der Waals surface area contributed by atoms with Crippen LogP contribution in [0, 0.1) is 0 Å². The summed E-state index contributed by atoms with van der Waals surface area (Å²) in [5.74, 6) is -0.385. The first-order valence-corrected chi connectivity index (χ1v) is 13.3. The van der Waals surface area contributed by atoms with Crippen molar-refractivity contribution >= 4 is 11.5 Å². The largest absolute Gasteiger partial charge is 0.479 e. The minimum absolute atomic E-state index is 0.415. The van der Waals surface area contributed by atoms with Gasteiger partial charge >= 0.3 is 5.97 Å². The van der Waals surface area contributed by atoms with Crippen LogP contribution in [0.1, 0.15) is 37.3 Å². The quantitative estimate of drug-likeness (QED) is 0.198. The van der Waals surface area contributed by atoms with E-state index in [-0.39, 0.29) is 0 Å². The zero-order valence-electron chi connectivity index (χ0n) is 21.7. The van der Waals surface area contributed by atoms with Crippen molar-refractivity contribution in [1.82, 2.24) is 4.40 Å². The van der Waals surface area contributed by atoms with E-state index in [1.807, 2.05) is 54.6 Å². The van der Waals surface area contributed by atoms with Gasteiger partial charge in [-0.1, -0.05) is 86.1 Å². The second-order valence-corrected chi connectivity index (χ2v) is 9.69. The fourth-order valence-corrected chi connectivity index (χ4v) is 4.95. The van der Waals surface area contributed by atoms with E-state index in [0.717, 1.165) is 23.1 Å². The molecule has 0 amide bonds. The number of carbonyl (C=O) groups is 1. The molecule has 0 saturated carbocycles. The number of carboxylic acid groups (broad SMARTS) is 1. The van der Waals surface area contributed by atoms with Gasteiger partial charge in [0.05, 0.1) is 0 Å². The number of rotatable bonds is 11. The highest BCUT2D eigenvalue weighted by Gasteiger charge is 2.19. The van der Waals surface area contributed by atoms with Gasteiger partial charge in [0.1, 0.15) is 5.75 Å². The molecule has 5 rings (SSSR count). The number of hydrogen-bond acceptors (Lipinski definition) is 2. The van der Waals surface area contributed by atoms with Crippen LogP contribution in [0.2, 0.25) is 0 Å². The van der Waals surface area contributed by atoms with E-state index >= 15 is 0 Å². The maximum Gasteiger partial charge on any atom is 0.344 e. The summed E-state index contributed by atoms with van der Waals surface area (Å²) in [5.41, 5.74) is 8.46. The standard InChI is InChI=1S/C34H33NO3/c1-2-3-11-30-31(24-35-23-8-7-12-32(30)35)28-16-14-26(15-17-28)27-18-20-29(21-19-27)38-33(34(36)37)22-13-25-9-5-4-6-10-25/h4-10,12,14-21,23-24,33H,2-3,11,13,22H2,1H3,(H,36,37). The van der Waals surface area contributed by atoms with Crippen molar-refractivity contribution in [2.24, 2.45) is 0 Å². The molecule has 5 aromatic rings. The van der Waals surface area contributed by atoms with E-state index in [9.17, 15) is 9.90 Å². The Morgan fingerprint density at radius 2 is 1.47 bits per heavy atom. The van der Waals surface area contributed by atoms with Gasteiger partial charge in [0.2, 0.25) is 0 Å². The lowest BCUT2D eigenvalue weighted by molar-refractivity contribution is -0.145. The lowest BCUT2D eigenvalue weighted by Gasteiger charge is -2.15. The van der Waals surface area contributed by atoms with Gasteiger partial charge in [-0.2, -0.15) is 0 Å². The second-order valence-electron chi connectivity index (χ2n) is 9.69. The Kier molecular flexibility index (Phi) is 7.89. The van der Waals surface area contributed by atoms with Gasteiger partial charge in [0, 0.05) is 23.5 Å². The maximum atomic E-state index is 11.8. The van der Waals surface area contributed by atoms with Crippen molar-refractivity contribution in [2.45, 2.75) is 45.1 Å². The summed E-state index contributed by atoms with van der Waals surface area (Å²) in [6.07, 6.45) is 7.93. The Balaban J connectivity index is 1.30. The average molecular weight is 504 g/mol. The molecule has 1 atom stereocenters. The number of unbranched alkanes of at least 4 members (excludes halogenated alkanes) is 1. The topological polar surface area (TPSA) is 50.9 Å². The molecule has 2 aromatic heterocycles. The summed E-state index contributed by atoms with van der Waals surface area (Å²) in [6, 6.07) is 32.6. The van der Waals surface area contributed by atoms with Gasteiger partial charge < -0.3 is 14.2 Å². The molecule has 192 valence electrons. The smallest absolute Gasteiger partial charge is 0.344 e. The van der Waals surface area contributed by atoms with Crippen LogP contribution < -0.4 is 4.74 Å². The van der Waals surface area contributed by atoms with Crippen molar-refractivity contribution in [3.63, 3.8) is 0 Å². The van der Waals surface area contributed by atoms with Crippen LogP contribution in [-0.2, 0) is 17.6 Å². The minimum Gasteiger partial charge on any atom is -0.479 e. The number of fused-ring (bicyclic) bond motifs is 1. The number of nitrogens with zero attached hydrogens (tertiary/aromatic N) is 1.